The van der Waals surface area contributed by atoms with Crippen LogP contribution in [0.3, 0.4) is 0 Å². The normalized spacial score (nSPS) is 15.1. The summed E-state index contributed by atoms with van der Waals surface area (Å²) in [6.45, 7) is 3.81. The number of benzene rings is 2. The highest BCUT2D eigenvalue weighted by molar-refractivity contribution is 5.91. The molecule has 1 fully saturated rings. The van der Waals surface area contributed by atoms with Crippen LogP contribution in [0.4, 0.5) is 17.1 Å². The zero-order valence-corrected chi connectivity index (χ0v) is 15.9. The Morgan fingerprint density at radius 3 is 2.54 bits per heavy atom. The number of nitro benzene ring substituents is 1. The average Bonchev–Trinajstić information content (AvgIpc) is 2.69. The summed E-state index contributed by atoms with van der Waals surface area (Å²) >= 11 is 0. The zero-order chi connectivity index (χ0) is 19.9. The van der Waals surface area contributed by atoms with Crippen molar-refractivity contribution in [3.63, 3.8) is 0 Å². The molecule has 1 heterocycles. The maximum Gasteiger partial charge on any atom is 0.279 e. The molecule has 1 aliphatic rings. The second-order valence-electron chi connectivity index (χ2n) is 6.89. The molecule has 0 radical (unpaired) electrons. The number of rotatable bonds is 7. The predicted octanol–water partition coefficient (Wildman–Crippen LogP) is 1.08. The Bertz CT molecular complexity index is 819. The van der Waals surface area contributed by atoms with Crippen LogP contribution < -0.4 is 15.1 Å². The number of ether oxygens (including phenoxy) is 1. The van der Waals surface area contributed by atoms with E-state index in [1.165, 1.54) is 6.07 Å². The first-order valence-corrected chi connectivity index (χ1v) is 9.29. The minimum Gasteiger partial charge on any atom is -0.378 e. The fraction of sp³-hybridized carbons (Fsp3) is 0.350. The molecular formula is C20H25N4O4+. The average molecular weight is 385 g/mol. The van der Waals surface area contributed by atoms with Crippen molar-refractivity contribution >= 4 is 23.0 Å². The molecule has 3 rings (SSSR count). The molecular weight excluding hydrogens is 360 g/mol. The lowest BCUT2D eigenvalue weighted by atomic mass is 10.1. The summed E-state index contributed by atoms with van der Waals surface area (Å²) in [4.78, 5) is 26.2. The number of morpholine rings is 1. The number of nitrogens with zero attached hydrogens (tertiary/aromatic N) is 2. The van der Waals surface area contributed by atoms with Gasteiger partial charge in [0.25, 0.3) is 11.6 Å². The number of carbonyl (C=O) groups is 1. The second kappa shape index (κ2) is 9.29. The molecule has 0 spiro atoms. The van der Waals surface area contributed by atoms with E-state index in [2.05, 4.69) is 10.2 Å². The Labute approximate surface area is 163 Å². The number of quaternary nitrogens is 1. The summed E-state index contributed by atoms with van der Waals surface area (Å²) in [5.41, 5.74) is 2.55. The van der Waals surface area contributed by atoms with Crippen LogP contribution in [0.2, 0.25) is 0 Å². The fourth-order valence-electron chi connectivity index (χ4n) is 3.28. The minimum absolute atomic E-state index is 0.0842. The topological polar surface area (TPSA) is 89.2 Å². The Balaban J connectivity index is 1.53. The minimum atomic E-state index is -0.390. The SMILES string of the molecule is C[NH+](CC(=O)Nc1ccc(N2CCOCC2)cc1)Cc1ccccc1[N+](=O)[O-]. The Hall–Kier alpha value is -2.97. The molecule has 0 bridgehead atoms. The first-order chi connectivity index (χ1) is 13.5. The molecule has 0 saturated carbocycles. The van der Waals surface area contributed by atoms with E-state index in [9.17, 15) is 14.9 Å². The lowest BCUT2D eigenvalue weighted by Crippen LogP contribution is -3.08. The van der Waals surface area contributed by atoms with Gasteiger partial charge in [-0.05, 0) is 30.3 Å². The van der Waals surface area contributed by atoms with E-state index in [1.807, 2.05) is 31.3 Å². The molecule has 0 aromatic heterocycles. The van der Waals surface area contributed by atoms with Gasteiger partial charge in [-0.3, -0.25) is 14.9 Å². The molecule has 28 heavy (non-hydrogen) atoms. The summed E-state index contributed by atoms with van der Waals surface area (Å²) in [6.07, 6.45) is 0. The van der Waals surface area contributed by atoms with Crippen LogP contribution in [0.25, 0.3) is 0 Å². The smallest absolute Gasteiger partial charge is 0.279 e. The zero-order valence-electron chi connectivity index (χ0n) is 15.9. The number of carbonyl (C=O) groups excluding carboxylic acids is 1. The van der Waals surface area contributed by atoms with E-state index in [0.29, 0.717) is 12.1 Å². The van der Waals surface area contributed by atoms with E-state index in [1.54, 1.807) is 18.2 Å². The van der Waals surface area contributed by atoms with Crippen LogP contribution in [-0.4, -0.2) is 50.7 Å². The molecule has 8 heteroatoms. The highest BCUT2D eigenvalue weighted by Crippen LogP contribution is 2.19. The van der Waals surface area contributed by atoms with Gasteiger partial charge in [-0.15, -0.1) is 0 Å². The third kappa shape index (κ3) is 5.28. The van der Waals surface area contributed by atoms with Crippen molar-refractivity contribution in [1.82, 2.24) is 0 Å². The van der Waals surface area contributed by atoms with E-state index < -0.39 is 4.92 Å². The van der Waals surface area contributed by atoms with Gasteiger partial charge in [0.2, 0.25) is 0 Å². The molecule has 8 nitrogen and oxygen atoms in total. The van der Waals surface area contributed by atoms with Gasteiger partial charge >= 0.3 is 0 Å². The summed E-state index contributed by atoms with van der Waals surface area (Å²) < 4.78 is 5.36. The largest absolute Gasteiger partial charge is 0.378 e. The fourth-order valence-corrected chi connectivity index (χ4v) is 3.28. The first-order valence-electron chi connectivity index (χ1n) is 9.29. The number of para-hydroxylation sites is 1. The van der Waals surface area contributed by atoms with Crippen molar-refractivity contribution in [3.05, 3.63) is 64.2 Å². The summed E-state index contributed by atoms with van der Waals surface area (Å²) in [5, 5.41) is 14.0. The van der Waals surface area contributed by atoms with Gasteiger partial charge in [0.1, 0.15) is 6.54 Å². The first kappa shape index (κ1) is 19.8. The van der Waals surface area contributed by atoms with Gasteiger partial charge in [0.15, 0.2) is 6.54 Å². The van der Waals surface area contributed by atoms with E-state index in [-0.39, 0.29) is 18.1 Å². The maximum absolute atomic E-state index is 12.3. The van der Waals surface area contributed by atoms with Crippen molar-refractivity contribution in [1.29, 1.82) is 0 Å². The van der Waals surface area contributed by atoms with Crippen molar-refractivity contribution in [3.8, 4) is 0 Å². The number of likely N-dealkylation sites (N-methyl/N-ethyl adjacent to an activating group) is 1. The molecule has 148 valence electrons. The van der Waals surface area contributed by atoms with Crippen LogP contribution in [0.1, 0.15) is 5.56 Å². The van der Waals surface area contributed by atoms with Gasteiger partial charge in [-0.2, -0.15) is 0 Å². The molecule has 2 N–H and O–H groups in total. The molecule has 2 aromatic rings. The standard InChI is InChI=1S/C20H24N4O4/c1-22(14-16-4-2-3-5-19(16)24(26)27)15-20(25)21-17-6-8-18(9-7-17)23-10-12-28-13-11-23/h2-9H,10-15H2,1H3,(H,21,25)/p+1. The number of hydrogen-bond donors (Lipinski definition) is 2. The maximum atomic E-state index is 12.3. The second-order valence-corrected chi connectivity index (χ2v) is 6.89. The molecule has 1 saturated heterocycles. The van der Waals surface area contributed by atoms with Crippen LogP contribution in [0.15, 0.2) is 48.5 Å². The van der Waals surface area contributed by atoms with Gasteiger partial charge in [-0.25, -0.2) is 0 Å². The van der Waals surface area contributed by atoms with Crippen LogP contribution in [-0.2, 0) is 16.1 Å². The van der Waals surface area contributed by atoms with E-state index in [0.717, 1.165) is 42.6 Å². The molecule has 1 unspecified atom stereocenters. The van der Waals surface area contributed by atoms with Gasteiger partial charge in [-0.1, -0.05) is 12.1 Å². The van der Waals surface area contributed by atoms with E-state index >= 15 is 0 Å². The lowest BCUT2D eigenvalue weighted by molar-refractivity contribution is -0.885. The van der Waals surface area contributed by atoms with Gasteiger partial charge < -0.3 is 19.9 Å². The highest BCUT2D eigenvalue weighted by atomic mass is 16.6. The molecule has 1 atom stereocenters. The van der Waals surface area contributed by atoms with Crippen molar-refractivity contribution in [2.75, 3.05) is 50.1 Å². The Morgan fingerprint density at radius 1 is 1.18 bits per heavy atom. The number of hydrogen-bond acceptors (Lipinski definition) is 5. The number of nitrogens with one attached hydrogen (secondary N) is 2. The van der Waals surface area contributed by atoms with Crippen LogP contribution >= 0.6 is 0 Å². The molecule has 1 aliphatic heterocycles. The summed E-state index contributed by atoms with van der Waals surface area (Å²) in [7, 11) is 1.85. The third-order valence-electron chi connectivity index (χ3n) is 4.67. The van der Waals surface area contributed by atoms with E-state index in [4.69, 9.17) is 4.74 Å². The van der Waals surface area contributed by atoms with Crippen molar-refractivity contribution in [2.24, 2.45) is 0 Å². The van der Waals surface area contributed by atoms with Crippen molar-refractivity contribution in [2.45, 2.75) is 6.54 Å². The van der Waals surface area contributed by atoms with Gasteiger partial charge in [0.05, 0.1) is 30.7 Å². The molecule has 1 amide bonds. The Kier molecular flexibility index (Phi) is 6.57. The summed E-state index contributed by atoms with van der Waals surface area (Å²) in [6, 6.07) is 14.4. The Morgan fingerprint density at radius 2 is 1.86 bits per heavy atom. The number of amides is 1. The predicted molar refractivity (Wildman–Crippen MR) is 107 cm³/mol. The van der Waals surface area contributed by atoms with Crippen molar-refractivity contribution < 1.29 is 19.4 Å². The highest BCUT2D eigenvalue weighted by Gasteiger charge is 2.18. The number of nitro groups is 1. The summed E-state index contributed by atoms with van der Waals surface area (Å²) in [5.74, 6) is -0.129. The molecule has 2 aromatic carbocycles. The third-order valence-corrected chi connectivity index (χ3v) is 4.67. The van der Waals surface area contributed by atoms with Crippen LogP contribution in [0, 0.1) is 10.1 Å². The molecule has 0 aliphatic carbocycles. The monoisotopic (exact) mass is 385 g/mol. The lowest BCUT2D eigenvalue weighted by Gasteiger charge is -2.28. The number of anilines is 2. The quantitative estimate of drug-likeness (QED) is 0.550. The van der Waals surface area contributed by atoms with Crippen LogP contribution in [0.5, 0.6) is 0 Å². The van der Waals surface area contributed by atoms with Gasteiger partial charge in [0, 0.05) is 30.5 Å².